The summed E-state index contributed by atoms with van der Waals surface area (Å²) in [6.45, 7) is 3.01. The van der Waals surface area contributed by atoms with Gasteiger partial charge in [0.25, 0.3) is 0 Å². The smallest absolute Gasteiger partial charge is 0.0923 e. The molecule has 3 rings (SSSR count). The highest BCUT2D eigenvalue weighted by Crippen LogP contribution is 2.43. The predicted molar refractivity (Wildman–Crippen MR) is 60.5 cm³/mol. The highest BCUT2D eigenvalue weighted by molar-refractivity contribution is 5.79. The molecule has 2 N–H and O–H groups in total. The van der Waals surface area contributed by atoms with E-state index in [1.54, 1.807) is 0 Å². The Hall–Kier alpha value is -1.35. The molecule has 0 spiro atoms. The Bertz CT molecular complexity index is 509. The molecular weight excluding hydrogens is 186 g/mol. The number of aromatic nitrogens is 2. The van der Waals surface area contributed by atoms with Gasteiger partial charge in [-0.3, -0.25) is 4.68 Å². The first-order chi connectivity index (χ1) is 7.21. The molecule has 0 saturated heterocycles. The van der Waals surface area contributed by atoms with Crippen molar-refractivity contribution in [1.82, 2.24) is 9.78 Å². The SMILES string of the molecule is CCn1cc2cc(C3(N)CC3)ccc2n1. The average Bonchev–Trinajstić information content (AvgIpc) is 2.86. The largest absolute Gasteiger partial charge is 0.321 e. The molecule has 1 aromatic carbocycles. The Morgan fingerprint density at radius 1 is 1.47 bits per heavy atom. The first kappa shape index (κ1) is 8.92. The third kappa shape index (κ3) is 1.35. The number of rotatable bonds is 2. The van der Waals surface area contributed by atoms with Crippen molar-refractivity contribution in [2.24, 2.45) is 5.73 Å². The Morgan fingerprint density at radius 3 is 2.93 bits per heavy atom. The number of nitrogens with zero attached hydrogens (tertiary/aromatic N) is 2. The molecule has 1 fully saturated rings. The van der Waals surface area contributed by atoms with Crippen molar-refractivity contribution in [2.75, 3.05) is 0 Å². The van der Waals surface area contributed by atoms with Gasteiger partial charge in [-0.05, 0) is 37.5 Å². The number of fused-ring (bicyclic) bond motifs is 1. The first-order valence-electron chi connectivity index (χ1n) is 5.48. The molecule has 0 radical (unpaired) electrons. The fourth-order valence-corrected chi connectivity index (χ4v) is 1.97. The summed E-state index contributed by atoms with van der Waals surface area (Å²) >= 11 is 0. The minimum absolute atomic E-state index is 0.0392. The maximum Gasteiger partial charge on any atom is 0.0923 e. The van der Waals surface area contributed by atoms with Crippen LogP contribution in [-0.4, -0.2) is 9.78 Å². The standard InChI is InChI=1S/C12H15N3/c1-2-15-8-9-7-10(12(13)5-6-12)3-4-11(9)14-15/h3-4,7-8H,2,5-6,13H2,1H3. The number of hydrogen-bond acceptors (Lipinski definition) is 2. The minimum Gasteiger partial charge on any atom is -0.321 e. The summed E-state index contributed by atoms with van der Waals surface area (Å²) in [7, 11) is 0. The fraction of sp³-hybridized carbons (Fsp3) is 0.417. The van der Waals surface area contributed by atoms with Crippen LogP contribution < -0.4 is 5.73 Å². The van der Waals surface area contributed by atoms with E-state index in [0.717, 1.165) is 24.9 Å². The zero-order chi connectivity index (χ0) is 10.5. The number of nitrogens with two attached hydrogens (primary N) is 1. The van der Waals surface area contributed by atoms with Gasteiger partial charge < -0.3 is 5.73 Å². The molecule has 0 aliphatic heterocycles. The van der Waals surface area contributed by atoms with Gasteiger partial charge in [-0.2, -0.15) is 5.10 Å². The van der Waals surface area contributed by atoms with Gasteiger partial charge in [-0.15, -0.1) is 0 Å². The maximum absolute atomic E-state index is 6.17. The first-order valence-corrected chi connectivity index (χ1v) is 5.48. The van der Waals surface area contributed by atoms with Gasteiger partial charge in [0.05, 0.1) is 5.52 Å². The van der Waals surface area contributed by atoms with E-state index < -0.39 is 0 Å². The molecule has 0 unspecified atom stereocenters. The van der Waals surface area contributed by atoms with Gasteiger partial charge in [-0.25, -0.2) is 0 Å². The van der Waals surface area contributed by atoms with Gasteiger partial charge in [-0.1, -0.05) is 6.07 Å². The molecule has 1 aromatic heterocycles. The molecule has 2 aromatic rings. The van der Waals surface area contributed by atoms with Crippen LogP contribution in [0.1, 0.15) is 25.3 Å². The van der Waals surface area contributed by atoms with E-state index in [4.69, 9.17) is 5.73 Å². The third-order valence-electron chi connectivity index (χ3n) is 3.24. The molecule has 1 aliphatic carbocycles. The van der Waals surface area contributed by atoms with Crippen molar-refractivity contribution >= 4 is 10.9 Å². The third-order valence-corrected chi connectivity index (χ3v) is 3.24. The summed E-state index contributed by atoms with van der Waals surface area (Å²) < 4.78 is 1.96. The van der Waals surface area contributed by atoms with Crippen molar-refractivity contribution in [3.63, 3.8) is 0 Å². The van der Waals surface area contributed by atoms with Crippen molar-refractivity contribution < 1.29 is 0 Å². The zero-order valence-corrected chi connectivity index (χ0v) is 8.90. The van der Waals surface area contributed by atoms with Gasteiger partial charge >= 0.3 is 0 Å². The summed E-state index contributed by atoms with van der Waals surface area (Å²) in [5.41, 5.74) is 8.45. The lowest BCUT2D eigenvalue weighted by atomic mass is 10.0. The molecule has 0 atom stereocenters. The van der Waals surface area contributed by atoms with Crippen LogP contribution in [0.3, 0.4) is 0 Å². The molecule has 0 amide bonds. The molecule has 78 valence electrons. The second kappa shape index (κ2) is 2.83. The molecule has 1 saturated carbocycles. The van der Waals surface area contributed by atoms with E-state index in [2.05, 4.69) is 36.4 Å². The van der Waals surface area contributed by atoms with E-state index >= 15 is 0 Å². The lowest BCUT2D eigenvalue weighted by Gasteiger charge is -2.07. The summed E-state index contributed by atoms with van der Waals surface area (Å²) in [4.78, 5) is 0. The predicted octanol–water partition coefficient (Wildman–Crippen LogP) is 2.00. The quantitative estimate of drug-likeness (QED) is 0.807. The van der Waals surface area contributed by atoms with Crippen LogP contribution in [0.4, 0.5) is 0 Å². The molecule has 1 heterocycles. The van der Waals surface area contributed by atoms with Crippen LogP contribution in [0.25, 0.3) is 10.9 Å². The van der Waals surface area contributed by atoms with E-state index in [1.807, 2.05) is 4.68 Å². The number of benzene rings is 1. The Morgan fingerprint density at radius 2 is 2.27 bits per heavy atom. The van der Waals surface area contributed by atoms with Crippen LogP contribution >= 0.6 is 0 Å². The van der Waals surface area contributed by atoms with Crippen LogP contribution in [0, 0.1) is 0 Å². The van der Waals surface area contributed by atoms with Crippen LogP contribution in [-0.2, 0) is 12.1 Å². The van der Waals surface area contributed by atoms with E-state index in [9.17, 15) is 0 Å². The molecule has 0 bridgehead atoms. The van der Waals surface area contributed by atoms with Crippen LogP contribution in [0.15, 0.2) is 24.4 Å². The Kier molecular flexibility index (Phi) is 1.68. The summed E-state index contributed by atoms with van der Waals surface area (Å²) in [6.07, 6.45) is 4.31. The van der Waals surface area contributed by atoms with Crippen molar-refractivity contribution in [1.29, 1.82) is 0 Å². The van der Waals surface area contributed by atoms with Crippen LogP contribution in [0.2, 0.25) is 0 Å². The summed E-state index contributed by atoms with van der Waals surface area (Å²) in [6, 6.07) is 6.37. The van der Waals surface area contributed by atoms with Crippen molar-refractivity contribution in [3.8, 4) is 0 Å². The minimum atomic E-state index is -0.0392. The second-order valence-electron chi connectivity index (χ2n) is 4.41. The maximum atomic E-state index is 6.17. The lowest BCUT2D eigenvalue weighted by molar-refractivity contribution is 0.668. The van der Waals surface area contributed by atoms with Gasteiger partial charge in [0.15, 0.2) is 0 Å². The zero-order valence-electron chi connectivity index (χ0n) is 8.90. The molecule has 3 heteroatoms. The lowest BCUT2D eigenvalue weighted by Crippen LogP contribution is -2.18. The number of hydrogen-bond donors (Lipinski definition) is 1. The monoisotopic (exact) mass is 201 g/mol. The Balaban J connectivity index is 2.13. The van der Waals surface area contributed by atoms with Crippen molar-refractivity contribution in [3.05, 3.63) is 30.0 Å². The van der Waals surface area contributed by atoms with Gasteiger partial charge in [0.1, 0.15) is 0 Å². The highest BCUT2D eigenvalue weighted by atomic mass is 15.3. The highest BCUT2D eigenvalue weighted by Gasteiger charge is 2.39. The van der Waals surface area contributed by atoms with E-state index in [1.165, 1.54) is 10.9 Å². The van der Waals surface area contributed by atoms with Crippen LogP contribution in [0.5, 0.6) is 0 Å². The molecule has 1 aliphatic rings. The fourth-order valence-electron chi connectivity index (χ4n) is 1.97. The Labute approximate surface area is 88.9 Å². The number of aryl methyl sites for hydroxylation is 1. The van der Waals surface area contributed by atoms with Gasteiger partial charge in [0, 0.05) is 23.7 Å². The molecule has 15 heavy (non-hydrogen) atoms. The summed E-state index contributed by atoms with van der Waals surface area (Å²) in [5, 5.41) is 5.65. The molecular formula is C12H15N3. The topological polar surface area (TPSA) is 43.8 Å². The second-order valence-corrected chi connectivity index (χ2v) is 4.41. The normalized spacial score (nSPS) is 18.3. The van der Waals surface area contributed by atoms with E-state index in [-0.39, 0.29) is 5.54 Å². The van der Waals surface area contributed by atoms with Gasteiger partial charge in [0.2, 0.25) is 0 Å². The molecule has 3 nitrogen and oxygen atoms in total. The van der Waals surface area contributed by atoms with E-state index in [0.29, 0.717) is 0 Å². The van der Waals surface area contributed by atoms with Crippen molar-refractivity contribution in [2.45, 2.75) is 31.8 Å². The average molecular weight is 201 g/mol. The summed E-state index contributed by atoms with van der Waals surface area (Å²) in [5.74, 6) is 0.